The lowest BCUT2D eigenvalue weighted by Crippen LogP contribution is -2.51. The number of hydrogen-bond acceptors (Lipinski definition) is 3. The molecular formula is C20H24N2O3. The topological polar surface area (TPSA) is 60.9 Å². The SMILES string of the molecule is O=C(O)C1CCC(C(=O)N2CC3(CCC3)c3ccccc32)N1C1CC1. The minimum atomic E-state index is -0.778. The van der Waals surface area contributed by atoms with E-state index in [2.05, 4.69) is 18.2 Å². The van der Waals surface area contributed by atoms with E-state index in [9.17, 15) is 14.7 Å². The molecule has 2 aliphatic heterocycles. The van der Waals surface area contributed by atoms with Crippen LogP contribution in [0, 0.1) is 0 Å². The number of anilines is 1. The van der Waals surface area contributed by atoms with Gasteiger partial charge in [0.2, 0.25) is 5.91 Å². The molecule has 132 valence electrons. The first kappa shape index (κ1) is 15.4. The van der Waals surface area contributed by atoms with Crippen molar-refractivity contribution >= 4 is 17.6 Å². The van der Waals surface area contributed by atoms with Crippen LogP contribution < -0.4 is 4.90 Å². The highest BCUT2D eigenvalue weighted by Gasteiger charge is 2.53. The lowest BCUT2D eigenvalue weighted by atomic mass is 9.66. The monoisotopic (exact) mass is 340 g/mol. The first-order valence-corrected chi connectivity index (χ1v) is 9.52. The molecule has 0 aromatic heterocycles. The summed E-state index contributed by atoms with van der Waals surface area (Å²) in [6, 6.07) is 7.84. The maximum atomic E-state index is 13.4. The molecule has 1 saturated heterocycles. The number of rotatable bonds is 3. The van der Waals surface area contributed by atoms with Gasteiger partial charge in [-0.3, -0.25) is 14.5 Å². The van der Waals surface area contributed by atoms with E-state index in [0.717, 1.165) is 37.9 Å². The zero-order valence-corrected chi connectivity index (χ0v) is 14.4. The quantitative estimate of drug-likeness (QED) is 0.918. The second-order valence-electron chi connectivity index (χ2n) is 8.20. The molecule has 1 aromatic carbocycles. The molecule has 1 aromatic rings. The van der Waals surface area contributed by atoms with Crippen molar-refractivity contribution in [2.24, 2.45) is 0 Å². The molecule has 5 nitrogen and oxygen atoms in total. The zero-order chi connectivity index (χ0) is 17.2. The third-order valence-electron chi connectivity index (χ3n) is 6.78. The number of carboxylic acids is 1. The number of nitrogens with zero attached hydrogens (tertiary/aromatic N) is 2. The molecule has 25 heavy (non-hydrogen) atoms. The van der Waals surface area contributed by atoms with Crippen molar-refractivity contribution in [3.63, 3.8) is 0 Å². The third kappa shape index (κ3) is 2.18. The number of amides is 1. The number of carbonyl (C=O) groups is 2. The molecule has 2 atom stereocenters. The van der Waals surface area contributed by atoms with Crippen LogP contribution in [-0.4, -0.2) is 46.6 Å². The van der Waals surface area contributed by atoms with E-state index in [1.54, 1.807) is 0 Å². The van der Waals surface area contributed by atoms with Crippen molar-refractivity contribution in [1.29, 1.82) is 0 Å². The van der Waals surface area contributed by atoms with Crippen LogP contribution in [0.25, 0.3) is 0 Å². The Morgan fingerprint density at radius 2 is 1.76 bits per heavy atom. The highest BCUT2D eigenvalue weighted by molar-refractivity contribution is 6.00. The Kier molecular flexibility index (Phi) is 3.26. The summed E-state index contributed by atoms with van der Waals surface area (Å²) in [5.41, 5.74) is 2.53. The summed E-state index contributed by atoms with van der Waals surface area (Å²) in [6.07, 6.45) is 6.84. The third-order valence-corrected chi connectivity index (χ3v) is 6.78. The van der Waals surface area contributed by atoms with Crippen molar-refractivity contribution < 1.29 is 14.7 Å². The molecule has 0 bridgehead atoms. The zero-order valence-electron chi connectivity index (χ0n) is 14.4. The summed E-state index contributed by atoms with van der Waals surface area (Å²) in [6.45, 7) is 0.776. The minimum absolute atomic E-state index is 0.117. The summed E-state index contributed by atoms with van der Waals surface area (Å²) in [4.78, 5) is 29.0. The Labute approximate surface area is 147 Å². The number of fused-ring (bicyclic) bond motifs is 2. The van der Waals surface area contributed by atoms with E-state index in [-0.39, 0.29) is 23.4 Å². The summed E-state index contributed by atoms with van der Waals surface area (Å²) in [7, 11) is 0. The van der Waals surface area contributed by atoms with Gasteiger partial charge in [0.25, 0.3) is 0 Å². The molecule has 2 unspecified atom stereocenters. The average Bonchev–Trinajstić information content (AvgIpc) is 3.21. The Balaban J connectivity index is 1.46. The van der Waals surface area contributed by atoms with Crippen LogP contribution in [0.15, 0.2) is 24.3 Å². The van der Waals surface area contributed by atoms with Crippen LogP contribution in [-0.2, 0) is 15.0 Å². The van der Waals surface area contributed by atoms with Gasteiger partial charge in [-0.15, -0.1) is 0 Å². The number of benzene rings is 1. The van der Waals surface area contributed by atoms with Gasteiger partial charge in [0.15, 0.2) is 0 Å². The van der Waals surface area contributed by atoms with E-state index in [4.69, 9.17) is 0 Å². The Morgan fingerprint density at radius 3 is 2.40 bits per heavy atom. The van der Waals surface area contributed by atoms with Gasteiger partial charge in [-0.2, -0.15) is 0 Å². The molecule has 3 fully saturated rings. The average molecular weight is 340 g/mol. The molecule has 0 radical (unpaired) electrons. The van der Waals surface area contributed by atoms with E-state index in [0.29, 0.717) is 12.8 Å². The van der Waals surface area contributed by atoms with Gasteiger partial charge >= 0.3 is 5.97 Å². The standard InChI is InChI=1S/C20H24N2O3/c23-18(16-8-9-17(19(24)25)22(16)13-6-7-13)21-12-20(10-3-11-20)14-4-1-2-5-15(14)21/h1-2,4-5,13,16-17H,3,6-12H2,(H,24,25). The van der Waals surface area contributed by atoms with Gasteiger partial charge < -0.3 is 10.0 Å². The fraction of sp³-hybridized carbons (Fsp3) is 0.600. The van der Waals surface area contributed by atoms with Crippen molar-refractivity contribution in [2.45, 2.75) is 68.5 Å². The normalized spacial score (nSPS) is 30.3. The molecule has 2 heterocycles. The number of likely N-dealkylation sites (tertiary alicyclic amines) is 1. The first-order valence-electron chi connectivity index (χ1n) is 9.52. The van der Waals surface area contributed by atoms with E-state index >= 15 is 0 Å². The summed E-state index contributed by atoms with van der Waals surface area (Å²) in [5, 5.41) is 9.55. The van der Waals surface area contributed by atoms with Gasteiger partial charge in [-0.05, 0) is 50.2 Å². The van der Waals surface area contributed by atoms with Crippen molar-refractivity contribution in [3.05, 3.63) is 29.8 Å². The molecule has 1 spiro atoms. The molecular weight excluding hydrogens is 316 g/mol. The number of para-hydroxylation sites is 1. The summed E-state index contributed by atoms with van der Waals surface area (Å²) >= 11 is 0. The van der Waals surface area contributed by atoms with Gasteiger partial charge in [0.05, 0.1) is 6.04 Å². The largest absolute Gasteiger partial charge is 0.480 e. The minimum Gasteiger partial charge on any atom is -0.480 e. The van der Waals surface area contributed by atoms with Crippen molar-refractivity contribution in [1.82, 2.24) is 4.90 Å². The molecule has 5 heteroatoms. The maximum Gasteiger partial charge on any atom is 0.320 e. The van der Waals surface area contributed by atoms with Crippen molar-refractivity contribution in [3.8, 4) is 0 Å². The highest BCUT2D eigenvalue weighted by atomic mass is 16.4. The van der Waals surface area contributed by atoms with Crippen LogP contribution in [0.3, 0.4) is 0 Å². The summed E-state index contributed by atoms with van der Waals surface area (Å²) in [5.74, 6) is -0.661. The molecule has 2 aliphatic carbocycles. The van der Waals surface area contributed by atoms with Crippen molar-refractivity contribution in [2.75, 3.05) is 11.4 Å². The fourth-order valence-corrected chi connectivity index (χ4v) is 5.25. The molecule has 5 rings (SSSR count). The second kappa shape index (κ2) is 5.31. The van der Waals surface area contributed by atoms with E-state index in [1.165, 1.54) is 12.0 Å². The van der Waals surface area contributed by atoms with Crippen LogP contribution in [0.1, 0.15) is 50.5 Å². The molecule has 2 saturated carbocycles. The van der Waals surface area contributed by atoms with E-state index in [1.807, 2.05) is 15.9 Å². The number of hydrogen-bond donors (Lipinski definition) is 1. The number of carboxylic acid groups (broad SMARTS) is 1. The van der Waals surface area contributed by atoms with Crippen LogP contribution >= 0.6 is 0 Å². The summed E-state index contributed by atoms with van der Waals surface area (Å²) < 4.78 is 0. The lowest BCUT2D eigenvalue weighted by Gasteiger charge is -2.39. The Bertz CT molecular complexity index is 738. The highest BCUT2D eigenvalue weighted by Crippen LogP contribution is 2.53. The van der Waals surface area contributed by atoms with Gasteiger partial charge in [-0.25, -0.2) is 0 Å². The smallest absolute Gasteiger partial charge is 0.320 e. The molecule has 1 amide bonds. The predicted octanol–water partition coefficient (Wildman–Crippen LogP) is 2.53. The van der Waals surface area contributed by atoms with Crippen LogP contribution in [0.4, 0.5) is 5.69 Å². The lowest BCUT2D eigenvalue weighted by molar-refractivity contribution is -0.143. The first-order chi connectivity index (χ1) is 12.1. The number of carbonyl (C=O) groups excluding carboxylic acids is 1. The van der Waals surface area contributed by atoms with Crippen LogP contribution in [0.2, 0.25) is 0 Å². The molecule has 1 N–H and O–H groups in total. The van der Waals surface area contributed by atoms with Gasteiger partial charge in [0, 0.05) is 23.7 Å². The van der Waals surface area contributed by atoms with Gasteiger partial charge in [-0.1, -0.05) is 24.6 Å². The van der Waals surface area contributed by atoms with Crippen LogP contribution in [0.5, 0.6) is 0 Å². The molecule has 4 aliphatic rings. The number of aliphatic carboxylic acids is 1. The Morgan fingerprint density at radius 1 is 1.04 bits per heavy atom. The predicted molar refractivity (Wildman–Crippen MR) is 93.6 cm³/mol. The fourth-order valence-electron chi connectivity index (χ4n) is 5.25. The Hall–Kier alpha value is -1.88. The van der Waals surface area contributed by atoms with E-state index < -0.39 is 12.0 Å². The maximum absolute atomic E-state index is 13.4. The van der Waals surface area contributed by atoms with Gasteiger partial charge in [0.1, 0.15) is 6.04 Å². The second-order valence-corrected chi connectivity index (χ2v) is 8.20.